The molecule has 0 saturated heterocycles. The molecule has 0 unspecified atom stereocenters. The van der Waals surface area contributed by atoms with Crippen molar-refractivity contribution in [3.63, 3.8) is 0 Å². The van der Waals surface area contributed by atoms with Crippen molar-refractivity contribution < 1.29 is 4.79 Å². The zero-order valence-corrected chi connectivity index (χ0v) is 9.43. The van der Waals surface area contributed by atoms with Crippen molar-refractivity contribution in [2.75, 3.05) is 5.32 Å². The van der Waals surface area contributed by atoms with Crippen LogP contribution in [-0.2, 0) is 10.2 Å². The van der Waals surface area contributed by atoms with Gasteiger partial charge in [-0.05, 0) is 12.8 Å². The molecule has 15 heavy (non-hydrogen) atoms. The van der Waals surface area contributed by atoms with Crippen molar-refractivity contribution in [3.05, 3.63) is 11.8 Å². The molecule has 0 aromatic carbocycles. The number of anilines is 1. The van der Waals surface area contributed by atoms with Gasteiger partial charge in [0.15, 0.2) is 5.82 Å². The van der Waals surface area contributed by atoms with Crippen LogP contribution in [0.5, 0.6) is 0 Å². The fourth-order valence-electron chi connectivity index (χ4n) is 1.03. The highest BCUT2D eigenvalue weighted by molar-refractivity contribution is 6.03. The molecule has 2 N–H and O–H groups in total. The molecule has 1 rings (SSSR count). The maximum atomic E-state index is 11.1. The van der Waals surface area contributed by atoms with Gasteiger partial charge in [-0.15, -0.1) is 0 Å². The van der Waals surface area contributed by atoms with E-state index in [2.05, 4.69) is 48.1 Å². The first-order chi connectivity index (χ1) is 6.93. The van der Waals surface area contributed by atoms with E-state index in [1.54, 1.807) is 6.92 Å². The Morgan fingerprint density at radius 2 is 2.20 bits per heavy atom. The first-order valence-electron chi connectivity index (χ1n) is 4.73. The average Bonchev–Trinajstić information content (AvgIpc) is 2.52. The molecule has 1 aromatic heterocycles. The SMILES string of the molecule is CC#CC(=O)Nc1cc(C(C)(C)C)[nH]n1. The van der Waals surface area contributed by atoms with E-state index in [-0.39, 0.29) is 11.3 Å². The molecule has 0 fully saturated rings. The summed E-state index contributed by atoms with van der Waals surface area (Å²) in [5.74, 6) is 5.08. The summed E-state index contributed by atoms with van der Waals surface area (Å²) in [5.41, 5.74) is 0.967. The van der Waals surface area contributed by atoms with Crippen molar-refractivity contribution in [1.82, 2.24) is 10.2 Å². The Kier molecular flexibility index (Phi) is 3.15. The molecule has 1 amide bonds. The number of nitrogens with zero attached hydrogens (tertiary/aromatic N) is 1. The average molecular weight is 205 g/mol. The summed E-state index contributed by atoms with van der Waals surface area (Å²) in [6, 6.07) is 1.81. The highest BCUT2D eigenvalue weighted by atomic mass is 16.1. The molecule has 0 spiro atoms. The van der Waals surface area contributed by atoms with Gasteiger partial charge >= 0.3 is 5.91 Å². The molecule has 80 valence electrons. The minimum absolute atomic E-state index is 0.00753. The summed E-state index contributed by atoms with van der Waals surface area (Å²) < 4.78 is 0. The number of rotatable bonds is 1. The molecule has 4 nitrogen and oxygen atoms in total. The van der Waals surface area contributed by atoms with Crippen LogP contribution in [0.1, 0.15) is 33.4 Å². The highest BCUT2D eigenvalue weighted by Crippen LogP contribution is 2.21. The molecular weight excluding hydrogens is 190 g/mol. The molecule has 0 radical (unpaired) electrons. The van der Waals surface area contributed by atoms with Crippen LogP contribution in [0.3, 0.4) is 0 Å². The third-order valence-corrected chi connectivity index (χ3v) is 1.87. The van der Waals surface area contributed by atoms with Crippen LogP contribution < -0.4 is 5.32 Å². The van der Waals surface area contributed by atoms with Crippen molar-refractivity contribution in [3.8, 4) is 11.8 Å². The van der Waals surface area contributed by atoms with Crippen LogP contribution in [-0.4, -0.2) is 16.1 Å². The number of carbonyl (C=O) groups is 1. The smallest absolute Gasteiger partial charge is 0.298 e. The topological polar surface area (TPSA) is 57.8 Å². The highest BCUT2D eigenvalue weighted by Gasteiger charge is 2.16. The molecule has 0 aliphatic rings. The van der Waals surface area contributed by atoms with Crippen LogP contribution in [0, 0.1) is 11.8 Å². The summed E-state index contributed by atoms with van der Waals surface area (Å²) >= 11 is 0. The van der Waals surface area contributed by atoms with E-state index in [4.69, 9.17) is 0 Å². The number of H-pyrrole nitrogens is 1. The monoisotopic (exact) mass is 205 g/mol. The Morgan fingerprint density at radius 3 is 2.67 bits per heavy atom. The zero-order valence-electron chi connectivity index (χ0n) is 9.43. The van der Waals surface area contributed by atoms with E-state index >= 15 is 0 Å². The Labute approximate surface area is 89.5 Å². The molecule has 0 bridgehead atoms. The van der Waals surface area contributed by atoms with Gasteiger partial charge in [0.25, 0.3) is 0 Å². The number of hydrogen-bond acceptors (Lipinski definition) is 2. The van der Waals surface area contributed by atoms with Gasteiger partial charge in [-0.25, -0.2) is 0 Å². The second-order valence-electron chi connectivity index (χ2n) is 4.25. The van der Waals surface area contributed by atoms with Gasteiger partial charge in [-0.2, -0.15) is 5.10 Å². The summed E-state index contributed by atoms with van der Waals surface area (Å²) in [5, 5.41) is 9.44. The van der Waals surface area contributed by atoms with Gasteiger partial charge in [0.05, 0.1) is 0 Å². The Hall–Kier alpha value is -1.76. The van der Waals surface area contributed by atoms with E-state index in [1.165, 1.54) is 0 Å². The fourth-order valence-corrected chi connectivity index (χ4v) is 1.03. The first-order valence-corrected chi connectivity index (χ1v) is 4.73. The predicted octanol–water partition coefficient (Wildman–Crippen LogP) is 1.67. The minimum atomic E-state index is -0.343. The van der Waals surface area contributed by atoms with Gasteiger partial charge in [0, 0.05) is 17.2 Å². The van der Waals surface area contributed by atoms with Crippen LogP contribution in [0.4, 0.5) is 5.82 Å². The summed E-state index contributed by atoms with van der Waals surface area (Å²) in [7, 11) is 0. The van der Waals surface area contributed by atoms with Crippen molar-refractivity contribution in [2.45, 2.75) is 33.1 Å². The lowest BCUT2D eigenvalue weighted by Gasteiger charge is -2.14. The molecule has 0 aliphatic carbocycles. The van der Waals surface area contributed by atoms with Crippen molar-refractivity contribution >= 4 is 11.7 Å². The Balaban J connectivity index is 2.76. The number of amides is 1. The van der Waals surface area contributed by atoms with Gasteiger partial charge in [-0.3, -0.25) is 15.2 Å². The number of hydrogen-bond donors (Lipinski definition) is 2. The first kappa shape index (κ1) is 11.3. The summed E-state index contributed by atoms with van der Waals surface area (Å²) in [6.45, 7) is 7.82. The molecule has 1 aromatic rings. The molecule has 0 atom stereocenters. The summed E-state index contributed by atoms with van der Waals surface area (Å²) in [4.78, 5) is 11.1. The Morgan fingerprint density at radius 1 is 1.53 bits per heavy atom. The van der Waals surface area contributed by atoms with E-state index in [9.17, 15) is 4.79 Å². The largest absolute Gasteiger partial charge is 0.301 e. The summed E-state index contributed by atoms with van der Waals surface area (Å²) in [6.07, 6.45) is 0. The van der Waals surface area contributed by atoms with E-state index in [0.29, 0.717) is 5.82 Å². The second kappa shape index (κ2) is 4.18. The molecule has 1 heterocycles. The third kappa shape index (κ3) is 3.13. The van der Waals surface area contributed by atoms with E-state index < -0.39 is 0 Å². The Bertz CT molecular complexity index is 415. The van der Waals surface area contributed by atoms with Crippen LogP contribution >= 0.6 is 0 Å². The van der Waals surface area contributed by atoms with Crippen molar-refractivity contribution in [2.24, 2.45) is 0 Å². The maximum absolute atomic E-state index is 11.1. The fraction of sp³-hybridized carbons (Fsp3) is 0.455. The lowest BCUT2D eigenvalue weighted by Crippen LogP contribution is -2.11. The predicted molar refractivity (Wildman–Crippen MR) is 59.4 cm³/mol. The van der Waals surface area contributed by atoms with Crippen LogP contribution in [0.15, 0.2) is 6.07 Å². The maximum Gasteiger partial charge on any atom is 0.301 e. The number of carbonyl (C=O) groups excluding carboxylic acids is 1. The lowest BCUT2D eigenvalue weighted by atomic mass is 9.92. The third-order valence-electron chi connectivity index (χ3n) is 1.87. The molecule has 0 saturated carbocycles. The molecule has 0 aliphatic heterocycles. The lowest BCUT2D eigenvalue weighted by molar-refractivity contribution is -0.111. The minimum Gasteiger partial charge on any atom is -0.298 e. The van der Waals surface area contributed by atoms with Gasteiger partial charge in [0.1, 0.15) is 0 Å². The second-order valence-corrected chi connectivity index (χ2v) is 4.25. The number of nitrogens with one attached hydrogen (secondary N) is 2. The van der Waals surface area contributed by atoms with E-state index in [1.807, 2.05) is 6.07 Å². The number of aromatic amines is 1. The molecular formula is C11H15N3O. The standard InChI is InChI=1S/C11H15N3O/c1-5-6-10(15)12-9-7-8(13-14-9)11(2,3)4/h7H,1-4H3,(H2,12,13,14,15). The molecule has 4 heteroatoms. The van der Waals surface area contributed by atoms with E-state index in [0.717, 1.165) is 5.69 Å². The quantitative estimate of drug-likeness (QED) is 0.685. The normalized spacial score (nSPS) is 10.4. The van der Waals surface area contributed by atoms with Gasteiger partial charge in [-0.1, -0.05) is 26.7 Å². The van der Waals surface area contributed by atoms with Gasteiger partial charge in [0.2, 0.25) is 0 Å². The number of aromatic nitrogens is 2. The van der Waals surface area contributed by atoms with Crippen molar-refractivity contribution in [1.29, 1.82) is 0 Å². The van der Waals surface area contributed by atoms with Crippen LogP contribution in [0.2, 0.25) is 0 Å². The zero-order chi connectivity index (χ0) is 11.5. The van der Waals surface area contributed by atoms with Gasteiger partial charge < -0.3 is 0 Å². The van der Waals surface area contributed by atoms with Crippen LogP contribution in [0.25, 0.3) is 0 Å².